The molecular formula is C13H19N3O2S. The van der Waals surface area contributed by atoms with Crippen molar-refractivity contribution in [2.45, 2.75) is 55.8 Å². The Morgan fingerprint density at radius 2 is 2.11 bits per heavy atom. The molecule has 0 aromatic carbocycles. The van der Waals surface area contributed by atoms with Gasteiger partial charge in [-0.05, 0) is 44.2 Å². The molecule has 0 unspecified atom stereocenters. The lowest BCUT2D eigenvalue weighted by atomic mass is 10.3. The summed E-state index contributed by atoms with van der Waals surface area (Å²) in [6, 6.07) is 4.05. The van der Waals surface area contributed by atoms with Gasteiger partial charge in [0.25, 0.3) is 10.0 Å². The molecule has 104 valence electrons. The minimum Gasteiger partial charge on any atom is -0.310 e. The van der Waals surface area contributed by atoms with Crippen molar-refractivity contribution in [1.82, 2.24) is 15.0 Å². The van der Waals surface area contributed by atoms with E-state index in [0.717, 1.165) is 24.9 Å². The SMILES string of the molecule is CC1(NS(=O)(=O)c2ccc(CNC3CC3)cn2)CC1. The van der Waals surface area contributed by atoms with Crippen molar-refractivity contribution in [1.29, 1.82) is 0 Å². The highest BCUT2D eigenvalue weighted by atomic mass is 32.2. The quantitative estimate of drug-likeness (QED) is 0.821. The summed E-state index contributed by atoms with van der Waals surface area (Å²) in [5, 5.41) is 3.48. The van der Waals surface area contributed by atoms with Crippen LogP contribution < -0.4 is 10.0 Å². The first kappa shape index (κ1) is 13.0. The highest BCUT2D eigenvalue weighted by Gasteiger charge is 2.41. The second kappa shape index (κ2) is 4.54. The minimum atomic E-state index is -3.47. The van der Waals surface area contributed by atoms with Gasteiger partial charge in [0, 0.05) is 24.3 Å². The van der Waals surface area contributed by atoms with E-state index in [0.29, 0.717) is 6.04 Å². The van der Waals surface area contributed by atoms with Crippen LogP contribution in [-0.2, 0) is 16.6 Å². The number of hydrogen-bond donors (Lipinski definition) is 2. The predicted molar refractivity (Wildman–Crippen MR) is 72.1 cm³/mol. The van der Waals surface area contributed by atoms with Crippen molar-refractivity contribution < 1.29 is 8.42 Å². The van der Waals surface area contributed by atoms with Gasteiger partial charge in [-0.1, -0.05) is 6.07 Å². The van der Waals surface area contributed by atoms with Crippen LogP contribution in [0, 0.1) is 0 Å². The first-order chi connectivity index (χ1) is 8.97. The van der Waals surface area contributed by atoms with E-state index in [4.69, 9.17) is 0 Å². The Morgan fingerprint density at radius 1 is 1.37 bits per heavy atom. The standard InChI is InChI=1S/C13H19N3O2S/c1-13(6-7-13)16-19(17,18)12-5-2-10(9-15-12)8-14-11-3-4-11/h2,5,9,11,14,16H,3-4,6-8H2,1H3. The number of rotatable bonds is 6. The van der Waals surface area contributed by atoms with Gasteiger partial charge in [0.15, 0.2) is 5.03 Å². The zero-order valence-corrected chi connectivity index (χ0v) is 11.8. The van der Waals surface area contributed by atoms with E-state index in [9.17, 15) is 8.42 Å². The molecule has 0 atom stereocenters. The lowest BCUT2D eigenvalue weighted by Crippen LogP contribution is -2.34. The van der Waals surface area contributed by atoms with Crippen LogP contribution in [0.4, 0.5) is 0 Å². The third kappa shape index (κ3) is 3.32. The second-order valence-electron chi connectivity index (χ2n) is 5.83. The summed E-state index contributed by atoms with van der Waals surface area (Å²) in [7, 11) is -3.47. The smallest absolute Gasteiger partial charge is 0.258 e. The lowest BCUT2D eigenvalue weighted by molar-refractivity contribution is 0.554. The zero-order chi connectivity index (χ0) is 13.5. The average molecular weight is 281 g/mol. The number of sulfonamides is 1. The molecule has 2 N–H and O–H groups in total. The molecule has 1 heterocycles. The van der Waals surface area contributed by atoms with E-state index in [2.05, 4.69) is 15.0 Å². The summed E-state index contributed by atoms with van der Waals surface area (Å²) in [5.74, 6) is 0. The maximum Gasteiger partial charge on any atom is 0.258 e. The first-order valence-corrected chi connectivity index (χ1v) is 8.18. The van der Waals surface area contributed by atoms with Crippen molar-refractivity contribution in [2.75, 3.05) is 0 Å². The summed E-state index contributed by atoms with van der Waals surface area (Å²) in [6.07, 6.45) is 5.91. The van der Waals surface area contributed by atoms with Crippen LogP contribution in [0.5, 0.6) is 0 Å². The Bertz CT molecular complexity index is 560. The molecule has 1 aromatic heterocycles. The Morgan fingerprint density at radius 3 is 2.63 bits per heavy atom. The minimum absolute atomic E-state index is 0.107. The summed E-state index contributed by atoms with van der Waals surface area (Å²) < 4.78 is 26.9. The third-order valence-electron chi connectivity index (χ3n) is 3.63. The van der Waals surface area contributed by atoms with Crippen molar-refractivity contribution in [3.63, 3.8) is 0 Å². The molecule has 0 bridgehead atoms. The van der Waals surface area contributed by atoms with Gasteiger partial charge in [-0.25, -0.2) is 18.1 Å². The molecule has 2 fully saturated rings. The van der Waals surface area contributed by atoms with E-state index in [1.807, 2.05) is 13.0 Å². The van der Waals surface area contributed by atoms with E-state index in [-0.39, 0.29) is 10.6 Å². The van der Waals surface area contributed by atoms with Gasteiger partial charge in [0.05, 0.1) is 0 Å². The Hall–Kier alpha value is -0.980. The van der Waals surface area contributed by atoms with Crippen molar-refractivity contribution >= 4 is 10.0 Å². The predicted octanol–water partition coefficient (Wildman–Crippen LogP) is 1.16. The van der Waals surface area contributed by atoms with Crippen LogP contribution in [0.15, 0.2) is 23.4 Å². The molecule has 0 saturated heterocycles. The molecule has 1 aromatic rings. The second-order valence-corrected chi connectivity index (χ2v) is 7.46. The van der Waals surface area contributed by atoms with Crippen LogP contribution in [0.25, 0.3) is 0 Å². The fourth-order valence-electron chi connectivity index (χ4n) is 1.89. The fourth-order valence-corrected chi connectivity index (χ4v) is 3.29. The van der Waals surface area contributed by atoms with Gasteiger partial charge in [0.1, 0.15) is 0 Å². The monoisotopic (exact) mass is 281 g/mol. The summed E-state index contributed by atoms with van der Waals surface area (Å²) in [4.78, 5) is 4.07. The average Bonchev–Trinajstić information content (AvgIpc) is 3.25. The molecule has 0 radical (unpaired) electrons. The van der Waals surface area contributed by atoms with Crippen LogP contribution in [0.2, 0.25) is 0 Å². The molecule has 0 spiro atoms. The highest BCUT2D eigenvalue weighted by molar-refractivity contribution is 7.89. The largest absolute Gasteiger partial charge is 0.310 e. The van der Waals surface area contributed by atoms with Crippen molar-refractivity contribution in [2.24, 2.45) is 0 Å². The fraction of sp³-hybridized carbons (Fsp3) is 0.615. The first-order valence-electron chi connectivity index (χ1n) is 6.69. The Balaban J connectivity index is 1.66. The van der Waals surface area contributed by atoms with E-state index >= 15 is 0 Å². The number of nitrogens with one attached hydrogen (secondary N) is 2. The van der Waals surface area contributed by atoms with Gasteiger partial charge in [-0.3, -0.25) is 0 Å². The van der Waals surface area contributed by atoms with E-state index in [1.54, 1.807) is 12.3 Å². The summed E-state index contributed by atoms with van der Waals surface area (Å²) in [5.41, 5.74) is 0.760. The molecule has 0 aliphatic heterocycles. The molecular weight excluding hydrogens is 262 g/mol. The summed E-state index contributed by atoms with van der Waals surface area (Å²) in [6.45, 7) is 2.67. The topological polar surface area (TPSA) is 71.1 Å². The molecule has 0 amide bonds. The number of aromatic nitrogens is 1. The molecule has 5 nitrogen and oxygen atoms in total. The summed E-state index contributed by atoms with van der Waals surface area (Å²) >= 11 is 0. The van der Waals surface area contributed by atoms with Crippen LogP contribution in [0.1, 0.15) is 38.2 Å². The van der Waals surface area contributed by atoms with Gasteiger partial charge in [-0.15, -0.1) is 0 Å². The molecule has 19 heavy (non-hydrogen) atoms. The molecule has 2 aliphatic carbocycles. The van der Waals surface area contributed by atoms with Crippen LogP contribution in [-0.4, -0.2) is 25.0 Å². The number of hydrogen-bond acceptors (Lipinski definition) is 4. The van der Waals surface area contributed by atoms with Crippen molar-refractivity contribution in [3.05, 3.63) is 23.9 Å². The molecule has 2 aliphatic rings. The van der Waals surface area contributed by atoms with E-state index < -0.39 is 10.0 Å². The Kier molecular flexibility index (Phi) is 3.11. The molecule has 2 saturated carbocycles. The van der Waals surface area contributed by atoms with Gasteiger partial charge in [0.2, 0.25) is 0 Å². The van der Waals surface area contributed by atoms with E-state index in [1.165, 1.54) is 12.8 Å². The molecule has 3 rings (SSSR count). The van der Waals surface area contributed by atoms with Crippen LogP contribution >= 0.6 is 0 Å². The lowest BCUT2D eigenvalue weighted by Gasteiger charge is -2.11. The maximum absolute atomic E-state index is 12.1. The Labute approximate surface area is 113 Å². The van der Waals surface area contributed by atoms with Gasteiger partial charge < -0.3 is 5.32 Å². The van der Waals surface area contributed by atoms with Crippen LogP contribution in [0.3, 0.4) is 0 Å². The zero-order valence-electron chi connectivity index (χ0n) is 11.0. The maximum atomic E-state index is 12.1. The highest BCUT2D eigenvalue weighted by Crippen LogP contribution is 2.35. The normalized spacial score (nSPS) is 21.3. The number of nitrogens with zero attached hydrogens (tertiary/aromatic N) is 1. The third-order valence-corrected chi connectivity index (χ3v) is 5.18. The molecule has 6 heteroatoms. The van der Waals surface area contributed by atoms with Crippen molar-refractivity contribution in [3.8, 4) is 0 Å². The number of pyridine rings is 1. The van der Waals surface area contributed by atoms with Gasteiger partial charge >= 0.3 is 0 Å². The van der Waals surface area contributed by atoms with Gasteiger partial charge in [-0.2, -0.15) is 0 Å².